The van der Waals surface area contributed by atoms with Gasteiger partial charge in [-0.15, -0.1) is 0 Å². The lowest BCUT2D eigenvalue weighted by atomic mass is 10.3. The van der Waals surface area contributed by atoms with E-state index in [1.54, 1.807) is 18.2 Å². The number of ether oxygens (including phenoxy) is 3. The normalized spacial score (nSPS) is 11.3. The molecule has 102 valence electrons. The van der Waals surface area contributed by atoms with Crippen molar-refractivity contribution in [3.05, 3.63) is 18.2 Å². The summed E-state index contributed by atoms with van der Waals surface area (Å²) in [5.74, 6) is 0.903. The lowest BCUT2D eigenvalue weighted by Crippen LogP contribution is -2.19. The van der Waals surface area contributed by atoms with Gasteiger partial charge in [-0.1, -0.05) is 0 Å². The van der Waals surface area contributed by atoms with Crippen molar-refractivity contribution in [2.75, 3.05) is 32.7 Å². The first-order valence-electron chi connectivity index (χ1n) is 5.13. The lowest BCUT2D eigenvalue weighted by Gasteiger charge is -2.11. The van der Waals surface area contributed by atoms with E-state index in [1.807, 2.05) is 0 Å². The van der Waals surface area contributed by atoms with Crippen LogP contribution in [0.4, 0.5) is 18.9 Å². The van der Waals surface area contributed by atoms with Crippen molar-refractivity contribution < 1.29 is 27.4 Å². The average Bonchev–Trinajstić information content (AvgIpc) is 2.29. The van der Waals surface area contributed by atoms with Gasteiger partial charge < -0.3 is 19.9 Å². The standard InChI is InChI=1S/C11H14F3NO3/c1-16-8-2-3-9(15)10(6-8)18-5-4-17-7-11(12,13)14/h2-3,6H,4-5,7,15H2,1H3. The largest absolute Gasteiger partial charge is 0.497 e. The van der Waals surface area contributed by atoms with Crippen molar-refractivity contribution in [1.29, 1.82) is 0 Å². The van der Waals surface area contributed by atoms with Crippen molar-refractivity contribution in [1.82, 2.24) is 0 Å². The number of anilines is 1. The van der Waals surface area contributed by atoms with Gasteiger partial charge >= 0.3 is 6.18 Å². The number of methoxy groups -OCH3 is 1. The molecule has 0 aliphatic heterocycles. The topological polar surface area (TPSA) is 53.7 Å². The van der Waals surface area contributed by atoms with Crippen LogP contribution in [0.25, 0.3) is 0 Å². The van der Waals surface area contributed by atoms with Crippen molar-refractivity contribution in [2.45, 2.75) is 6.18 Å². The van der Waals surface area contributed by atoms with Gasteiger partial charge in [-0.05, 0) is 12.1 Å². The van der Waals surface area contributed by atoms with Gasteiger partial charge in [0.25, 0.3) is 0 Å². The van der Waals surface area contributed by atoms with Crippen LogP contribution in [0, 0.1) is 0 Å². The molecule has 4 nitrogen and oxygen atoms in total. The summed E-state index contributed by atoms with van der Waals surface area (Å²) in [4.78, 5) is 0. The average molecular weight is 265 g/mol. The molecular formula is C11H14F3NO3. The molecule has 0 unspecified atom stereocenters. The van der Waals surface area contributed by atoms with E-state index in [2.05, 4.69) is 4.74 Å². The maximum Gasteiger partial charge on any atom is 0.411 e. The zero-order chi connectivity index (χ0) is 13.6. The van der Waals surface area contributed by atoms with Crippen molar-refractivity contribution in [3.8, 4) is 11.5 Å². The molecule has 0 aromatic heterocycles. The number of rotatable bonds is 6. The maximum atomic E-state index is 11.8. The minimum absolute atomic E-state index is 0.0204. The zero-order valence-electron chi connectivity index (χ0n) is 9.79. The molecule has 2 N–H and O–H groups in total. The monoisotopic (exact) mass is 265 g/mol. The number of alkyl halides is 3. The summed E-state index contributed by atoms with van der Waals surface area (Å²) in [7, 11) is 1.49. The molecule has 18 heavy (non-hydrogen) atoms. The van der Waals surface area contributed by atoms with E-state index in [0.717, 1.165) is 0 Å². The van der Waals surface area contributed by atoms with Gasteiger partial charge in [-0.25, -0.2) is 0 Å². The summed E-state index contributed by atoms with van der Waals surface area (Å²) in [5.41, 5.74) is 6.01. The highest BCUT2D eigenvalue weighted by atomic mass is 19.4. The second-order valence-electron chi connectivity index (χ2n) is 3.42. The van der Waals surface area contributed by atoms with Crippen molar-refractivity contribution in [2.24, 2.45) is 0 Å². The van der Waals surface area contributed by atoms with Crippen molar-refractivity contribution >= 4 is 5.69 Å². The van der Waals surface area contributed by atoms with Crippen LogP contribution in [0.15, 0.2) is 18.2 Å². The molecule has 0 bridgehead atoms. The lowest BCUT2D eigenvalue weighted by molar-refractivity contribution is -0.175. The molecule has 1 aromatic carbocycles. The quantitative estimate of drug-likeness (QED) is 0.633. The number of nitrogens with two attached hydrogens (primary N) is 1. The van der Waals surface area contributed by atoms with E-state index in [0.29, 0.717) is 17.2 Å². The second kappa shape index (κ2) is 6.34. The first kappa shape index (κ1) is 14.4. The van der Waals surface area contributed by atoms with E-state index in [9.17, 15) is 13.2 Å². The molecule has 0 radical (unpaired) electrons. The van der Waals surface area contributed by atoms with Gasteiger partial charge in [0.1, 0.15) is 24.7 Å². The fourth-order valence-corrected chi connectivity index (χ4v) is 1.17. The molecule has 0 aliphatic rings. The van der Waals surface area contributed by atoms with Gasteiger partial charge in [0.15, 0.2) is 0 Å². The van der Waals surface area contributed by atoms with Crippen LogP contribution in [0.3, 0.4) is 0 Å². The van der Waals surface area contributed by atoms with E-state index in [-0.39, 0.29) is 13.2 Å². The SMILES string of the molecule is COc1ccc(N)c(OCCOCC(F)(F)F)c1. The molecular weight excluding hydrogens is 251 g/mol. The van der Waals surface area contributed by atoms with Crippen LogP contribution in [0.1, 0.15) is 0 Å². The summed E-state index contributed by atoms with van der Waals surface area (Å²) < 4.78 is 49.9. The number of nitrogen functional groups attached to an aromatic ring is 1. The molecule has 0 spiro atoms. The summed E-state index contributed by atoms with van der Waals surface area (Å²) in [6, 6.07) is 4.80. The minimum Gasteiger partial charge on any atom is -0.497 e. The zero-order valence-corrected chi connectivity index (χ0v) is 9.79. The van der Waals surface area contributed by atoms with Gasteiger partial charge in [-0.3, -0.25) is 0 Å². The van der Waals surface area contributed by atoms with Crippen LogP contribution < -0.4 is 15.2 Å². The number of hydrogen-bond acceptors (Lipinski definition) is 4. The highest BCUT2D eigenvalue weighted by Crippen LogP contribution is 2.26. The van der Waals surface area contributed by atoms with Crippen LogP contribution in [0.2, 0.25) is 0 Å². The predicted molar refractivity (Wildman–Crippen MR) is 59.8 cm³/mol. The number of halogens is 3. The number of hydrogen-bond donors (Lipinski definition) is 1. The molecule has 0 amide bonds. The van der Waals surface area contributed by atoms with E-state index in [1.165, 1.54) is 7.11 Å². The minimum atomic E-state index is -4.32. The summed E-state index contributed by atoms with van der Waals surface area (Å²) in [6.07, 6.45) is -4.32. The van der Waals surface area contributed by atoms with Crippen molar-refractivity contribution in [3.63, 3.8) is 0 Å². The smallest absolute Gasteiger partial charge is 0.411 e. The molecule has 0 aliphatic carbocycles. The Morgan fingerprint density at radius 3 is 2.56 bits per heavy atom. The Kier molecular flexibility index (Phi) is 5.08. The second-order valence-corrected chi connectivity index (χ2v) is 3.42. The Hall–Kier alpha value is -1.63. The number of benzene rings is 1. The Labute approximate surface area is 102 Å². The Morgan fingerprint density at radius 2 is 1.94 bits per heavy atom. The third-order valence-corrected chi connectivity index (χ3v) is 1.97. The third kappa shape index (κ3) is 5.13. The molecule has 0 atom stereocenters. The molecule has 7 heteroatoms. The highest BCUT2D eigenvalue weighted by Gasteiger charge is 2.27. The molecule has 0 saturated carbocycles. The van der Waals surface area contributed by atoms with Crippen LogP contribution in [-0.4, -0.2) is 33.1 Å². The molecule has 0 fully saturated rings. The van der Waals surface area contributed by atoms with Gasteiger partial charge in [0.05, 0.1) is 19.4 Å². The molecule has 0 heterocycles. The van der Waals surface area contributed by atoms with E-state index < -0.39 is 12.8 Å². The highest BCUT2D eigenvalue weighted by molar-refractivity contribution is 5.55. The molecule has 1 aromatic rings. The van der Waals surface area contributed by atoms with Crippen LogP contribution in [-0.2, 0) is 4.74 Å². The fraction of sp³-hybridized carbons (Fsp3) is 0.455. The first-order chi connectivity index (χ1) is 8.42. The predicted octanol–water partition coefficient (Wildman–Crippen LogP) is 2.24. The summed E-state index contributed by atoms with van der Waals surface area (Å²) >= 11 is 0. The first-order valence-corrected chi connectivity index (χ1v) is 5.13. The van der Waals surface area contributed by atoms with Gasteiger partial charge in [-0.2, -0.15) is 13.2 Å². The van der Waals surface area contributed by atoms with Gasteiger partial charge in [0, 0.05) is 6.07 Å². The molecule has 1 rings (SSSR count). The van der Waals surface area contributed by atoms with E-state index in [4.69, 9.17) is 15.2 Å². The van der Waals surface area contributed by atoms with Crippen LogP contribution >= 0.6 is 0 Å². The fourth-order valence-electron chi connectivity index (χ4n) is 1.17. The molecule has 0 saturated heterocycles. The van der Waals surface area contributed by atoms with E-state index >= 15 is 0 Å². The summed E-state index contributed by atoms with van der Waals surface area (Å²) in [6.45, 7) is -1.48. The summed E-state index contributed by atoms with van der Waals surface area (Å²) in [5, 5.41) is 0. The maximum absolute atomic E-state index is 11.8. The Morgan fingerprint density at radius 1 is 1.22 bits per heavy atom. The third-order valence-electron chi connectivity index (χ3n) is 1.97. The van der Waals surface area contributed by atoms with Crippen LogP contribution in [0.5, 0.6) is 11.5 Å². The Bertz CT molecular complexity index is 382. The van der Waals surface area contributed by atoms with Gasteiger partial charge in [0.2, 0.25) is 0 Å². The Balaban J connectivity index is 2.35.